The molecule has 1 aromatic carbocycles. The van der Waals surface area contributed by atoms with Crippen LogP contribution in [0, 0.1) is 5.82 Å². The lowest BCUT2D eigenvalue weighted by molar-refractivity contribution is 0.0108. The number of nitrogens with zero attached hydrogens (tertiary/aromatic N) is 3. The number of benzene rings is 1. The van der Waals surface area contributed by atoms with Crippen molar-refractivity contribution in [3.63, 3.8) is 0 Å². The molecule has 6 nitrogen and oxygen atoms in total. The molecule has 1 saturated carbocycles. The first kappa shape index (κ1) is 21.4. The van der Waals surface area contributed by atoms with Crippen molar-refractivity contribution >= 4 is 17.3 Å². The fourth-order valence-corrected chi connectivity index (χ4v) is 5.79. The molecule has 0 atom stereocenters. The smallest absolute Gasteiger partial charge is 0.223 e. The zero-order valence-electron chi connectivity index (χ0n) is 18.0. The molecule has 168 valence electrons. The molecule has 0 bridgehead atoms. The minimum Gasteiger partial charge on any atom is -0.389 e. The number of rotatable bonds is 6. The summed E-state index contributed by atoms with van der Waals surface area (Å²) in [7, 11) is 0. The molecule has 3 N–H and O–H groups in total. The van der Waals surface area contributed by atoms with Crippen molar-refractivity contribution in [2.45, 2.75) is 56.6 Å². The minimum atomic E-state index is -0.763. The molecule has 0 radical (unpaired) electrons. The predicted octanol–water partition coefficient (Wildman–Crippen LogP) is 4.42. The Bertz CT molecular complexity index is 1080. The first-order chi connectivity index (χ1) is 15.6. The van der Waals surface area contributed by atoms with Gasteiger partial charge in [0.1, 0.15) is 5.82 Å². The average molecular weight is 454 g/mol. The zero-order valence-corrected chi connectivity index (χ0v) is 18.8. The van der Waals surface area contributed by atoms with Gasteiger partial charge in [-0.05, 0) is 57.0 Å². The number of hydrogen-bond donors (Lipinski definition) is 3. The molecular formula is C24H28FN5OS. The van der Waals surface area contributed by atoms with Crippen LogP contribution in [0.4, 0.5) is 10.3 Å². The second-order valence-electron chi connectivity index (χ2n) is 8.84. The van der Waals surface area contributed by atoms with Crippen LogP contribution in [0.3, 0.4) is 0 Å². The summed E-state index contributed by atoms with van der Waals surface area (Å²) >= 11 is 1.52. The van der Waals surface area contributed by atoms with Gasteiger partial charge < -0.3 is 15.7 Å². The molecule has 2 aromatic heterocycles. The van der Waals surface area contributed by atoms with Gasteiger partial charge in [-0.25, -0.2) is 19.3 Å². The van der Waals surface area contributed by atoms with Crippen molar-refractivity contribution < 1.29 is 9.50 Å². The maximum Gasteiger partial charge on any atom is 0.223 e. The molecule has 8 heteroatoms. The van der Waals surface area contributed by atoms with Gasteiger partial charge in [0.25, 0.3) is 0 Å². The fourth-order valence-electron chi connectivity index (χ4n) is 4.60. The van der Waals surface area contributed by atoms with Gasteiger partial charge in [-0.1, -0.05) is 25.0 Å². The average Bonchev–Trinajstić information content (AvgIpc) is 3.44. The monoisotopic (exact) mass is 453 g/mol. The van der Waals surface area contributed by atoms with Crippen molar-refractivity contribution in [1.29, 1.82) is 0 Å². The highest BCUT2D eigenvalue weighted by atomic mass is 32.1. The number of aromatic nitrogens is 3. The molecule has 2 aliphatic rings. The Morgan fingerprint density at radius 2 is 1.97 bits per heavy atom. The Morgan fingerprint density at radius 1 is 1.16 bits per heavy atom. The second-order valence-corrected chi connectivity index (χ2v) is 9.92. The maximum atomic E-state index is 14.0. The van der Waals surface area contributed by atoms with Crippen molar-refractivity contribution in [2.75, 3.05) is 18.4 Å². The normalized spacial score (nSPS) is 18.7. The van der Waals surface area contributed by atoms with Crippen molar-refractivity contribution in [2.24, 2.45) is 0 Å². The van der Waals surface area contributed by atoms with E-state index < -0.39 is 5.60 Å². The molecule has 5 rings (SSSR count). The number of nitrogens with one attached hydrogen (secondary N) is 2. The van der Waals surface area contributed by atoms with E-state index in [0.717, 1.165) is 41.5 Å². The minimum absolute atomic E-state index is 0.300. The largest absolute Gasteiger partial charge is 0.389 e. The molecule has 3 aromatic rings. The van der Waals surface area contributed by atoms with E-state index in [9.17, 15) is 9.50 Å². The van der Waals surface area contributed by atoms with Gasteiger partial charge in [0, 0.05) is 24.2 Å². The maximum absolute atomic E-state index is 14.0. The summed E-state index contributed by atoms with van der Waals surface area (Å²) < 4.78 is 14.0. The van der Waals surface area contributed by atoms with E-state index in [1.54, 1.807) is 12.3 Å². The third kappa shape index (κ3) is 4.82. The fraction of sp³-hybridized carbons (Fsp3) is 0.458. The number of halogens is 1. The summed E-state index contributed by atoms with van der Waals surface area (Å²) in [5, 5.41) is 18.6. The summed E-state index contributed by atoms with van der Waals surface area (Å²) in [5.74, 6) is 0.317. The number of thiazole rings is 1. The van der Waals surface area contributed by atoms with Gasteiger partial charge >= 0.3 is 0 Å². The Morgan fingerprint density at radius 3 is 2.75 bits per heavy atom. The highest BCUT2D eigenvalue weighted by Gasteiger charge is 2.31. The number of piperidine rings is 1. The Labute approximate surface area is 191 Å². The van der Waals surface area contributed by atoms with Crippen LogP contribution in [0.15, 0.2) is 36.5 Å². The van der Waals surface area contributed by atoms with E-state index >= 15 is 0 Å². The third-order valence-corrected chi connectivity index (χ3v) is 7.44. The van der Waals surface area contributed by atoms with Gasteiger partial charge in [-0.15, -0.1) is 11.3 Å². The Hall–Kier alpha value is -2.42. The number of anilines is 1. The molecule has 0 spiro atoms. The van der Waals surface area contributed by atoms with Crippen LogP contribution in [0.25, 0.3) is 21.8 Å². The van der Waals surface area contributed by atoms with E-state index in [1.165, 1.54) is 36.3 Å². The van der Waals surface area contributed by atoms with Crippen LogP contribution >= 0.6 is 11.3 Å². The van der Waals surface area contributed by atoms with Gasteiger partial charge in [-0.2, -0.15) is 0 Å². The SMILES string of the molecule is OC1(Cc2nc(-c3cccc(F)c3)c(-c3ccnc(NC4CCCC4)n3)s2)CCNCC1. The molecule has 3 heterocycles. The van der Waals surface area contributed by atoms with E-state index in [2.05, 4.69) is 15.6 Å². The lowest BCUT2D eigenvalue weighted by atomic mass is 9.89. The highest BCUT2D eigenvalue weighted by Crippen LogP contribution is 2.38. The summed E-state index contributed by atoms with van der Waals surface area (Å²) in [5.41, 5.74) is 1.41. The molecule has 1 saturated heterocycles. The molecule has 32 heavy (non-hydrogen) atoms. The van der Waals surface area contributed by atoms with Gasteiger partial charge in [0.15, 0.2) is 0 Å². The number of aliphatic hydroxyl groups is 1. The molecule has 1 aliphatic heterocycles. The van der Waals surface area contributed by atoms with E-state index in [0.29, 0.717) is 42.5 Å². The lowest BCUT2D eigenvalue weighted by Gasteiger charge is -2.31. The molecule has 0 unspecified atom stereocenters. The number of hydrogen-bond acceptors (Lipinski definition) is 7. The van der Waals surface area contributed by atoms with E-state index in [1.807, 2.05) is 12.1 Å². The van der Waals surface area contributed by atoms with Crippen molar-refractivity contribution in [3.05, 3.63) is 47.4 Å². The molecule has 2 fully saturated rings. The summed E-state index contributed by atoms with van der Waals surface area (Å²) in [6, 6.07) is 8.78. The summed E-state index contributed by atoms with van der Waals surface area (Å²) in [6.45, 7) is 1.60. The van der Waals surface area contributed by atoms with Crippen LogP contribution in [0.2, 0.25) is 0 Å². The molecular weight excluding hydrogens is 425 g/mol. The van der Waals surface area contributed by atoms with Crippen molar-refractivity contribution in [1.82, 2.24) is 20.3 Å². The van der Waals surface area contributed by atoms with Gasteiger partial charge in [-0.3, -0.25) is 0 Å². The Kier molecular flexibility index (Phi) is 6.17. The highest BCUT2D eigenvalue weighted by molar-refractivity contribution is 7.15. The topological polar surface area (TPSA) is 83.0 Å². The third-order valence-electron chi connectivity index (χ3n) is 6.36. The van der Waals surface area contributed by atoms with Crippen LogP contribution in [0.1, 0.15) is 43.5 Å². The van der Waals surface area contributed by atoms with Gasteiger partial charge in [0.05, 0.1) is 26.9 Å². The first-order valence-corrected chi connectivity index (χ1v) is 12.2. The van der Waals surface area contributed by atoms with Crippen molar-refractivity contribution in [3.8, 4) is 21.8 Å². The Balaban J connectivity index is 1.50. The summed E-state index contributed by atoms with van der Waals surface area (Å²) in [6.07, 6.45) is 8.38. The zero-order chi connectivity index (χ0) is 22.0. The van der Waals surface area contributed by atoms with Gasteiger partial charge in [0.2, 0.25) is 5.95 Å². The standard InChI is InChI=1S/C24H28FN5OS/c25-17-5-3-4-16(14-17)21-22(32-20(30-21)15-24(31)9-12-26-13-10-24)19-8-11-27-23(29-19)28-18-6-1-2-7-18/h3-5,8,11,14,18,26,31H,1-2,6-7,9-10,12-13,15H2,(H,27,28,29). The molecule has 0 amide bonds. The van der Waals surface area contributed by atoms with Crippen LogP contribution < -0.4 is 10.6 Å². The quantitative estimate of drug-likeness (QED) is 0.513. The summed E-state index contributed by atoms with van der Waals surface area (Å²) in [4.78, 5) is 14.9. The van der Waals surface area contributed by atoms with E-state index in [4.69, 9.17) is 9.97 Å². The molecule has 1 aliphatic carbocycles. The predicted molar refractivity (Wildman–Crippen MR) is 125 cm³/mol. The van der Waals surface area contributed by atoms with Crippen LogP contribution in [-0.2, 0) is 6.42 Å². The van der Waals surface area contributed by atoms with Crippen LogP contribution in [0.5, 0.6) is 0 Å². The van der Waals surface area contributed by atoms with E-state index in [-0.39, 0.29) is 5.82 Å². The first-order valence-electron chi connectivity index (χ1n) is 11.4. The second kappa shape index (κ2) is 9.21. The van der Waals surface area contributed by atoms with Crippen LogP contribution in [-0.4, -0.2) is 44.8 Å². The lowest BCUT2D eigenvalue weighted by Crippen LogP contribution is -2.43.